The van der Waals surface area contributed by atoms with Gasteiger partial charge in [0.1, 0.15) is 0 Å². The van der Waals surface area contributed by atoms with Crippen LogP contribution in [0.25, 0.3) is 0 Å². The van der Waals surface area contributed by atoms with E-state index in [1.807, 2.05) is 0 Å². The summed E-state index contributed by atoms with van der Waals surface area (Å²) >= 11 is 0. The van der Waals surface area contributed by atoms with Crippen molar-refractivity contribution in [3.8, 4) is 0 Å². The predicted octanol–water partition coefficient (Wildman–Crippen LogP) is 7.70. The number of nitrogens with one attached hydrogen (secondary N) is 1. The van der Waals surface area contributed by atoms with Crippen molar-refractivity contribution in [1.82, 2.24) is 5.32 Å². The van der Waals surface area contributed by atoms with Gasteiger partial charge in [-0.2, -0.15) is 0 Å². The maximum absolute atomic E-state index is 3.66. The second-order valence-electron chi connectivity index (χ2n) is 13.0. The van der Waals surface area contributed by atoms with Crippen LogP contribution in [0.5, 0.6) is 0 Å². The van der Waals surface area contributed by atoms with Gasteiger partial charge in [-0.3, -0.25) is 0 Å². The smallest absolute Gasteiger partial charge is 0.00695 e. The zero-order valence-electron chi connectivity index (χ0n) is 20.6. The SMILES string of the molecule is CNC1CCC2CC[C@H]3[C@@H]4CC[C@H]([C@H](C)CCCC(C)C)[C@@]4(C)CC[C@@H]3[C@@]2(C)C1. The van der Waals surface area contributed by atoms with Crippen LogP contribution in [0.15, 0.2) is 0 Å². The summed E-state index contributed by atoms with van der Waals surface area (Å²) in [6.45, 7) is 12.9. The molecule has 29 heavy (non-hydrogen) atoms. The molecule has 0 aromatic carbocycles. The van der Waals surface area contributed by atoms with E-state index in [2.05, 4.69) is 47.0 Å². The van der Waals surface area contributed by atoms with Crippen LogP contribution in [-0.4, -0.2) is 13.1 Å². The van der Waals surface area contributed by atoms with Gasteiger partial charge in [-0.05, 0) is 117 Å². The van der Waals surface area contributed by atoms with Crippen molar-refractivity contribution in [3.05, 3.63) is 0 Å². The van der Waals surface area contributed by atoms with Crippen LogP contribution < -0.4 is 5.32 Å². The van der Waals surface area contributed by atoms with Crippen LogP contribution >= 0.6 is 0 Å². The van der Waals surface area contributed by atoms with E-state index in [0.29, 0.717) is 10.8 Å². The van der Waals surface area contributed by atoms with Gasteiger partial charge in [0, 0.05) is 6.04 Å². The van der Waals surface area contributed by atoms with E-state index in [1.54, 1.807) is 12.8 Å². The molecule has 0 radical (unpaired) electrons. The van der Waals surface area contributed by atoms with E-state index in [0.717, 1.165) is 47.5 Å². The highest BCUT2D eigenvalue weighted by atomic mass is 14.9. The number of hydrogen-bond donors (Lipinski definition) is 1. The van der Waals surface area contributed by atoms with Crippen LogP contribution in [0.4, 0.5) is 0 Å². The standard InChI is InChI=1S/C28H51N/c1-19(2)8-7-9-20(3)24-14-15-25-23-13-11-21-10-12-22(29-6)18-28(21,5)26(23)16-17-27(24,25)4/h19-26,29H,7-18H2,1-6H3/t20-,21?,22?,23+,24-,25+,26+,27-,28+/m1/s1. The third-order valence-electron chi connectivity index (χ3n) is 11.2. The number of hydrogen-bond acceptors (Lipinski definition) is 1. The van der Waals surface area contributed by atoms with Crippen LogP contribution in [0, 0.1) is 52.3 Å². The molecule has 168 valence electrons. The van der Waals surface area contributed by atoms with Gasteiger partial charge in [0.05, 0.1) is 0 Å². The number of fused-ring (bicyclic) bond motifs is 5. The first kappa shape index (κ1) is 22.2. The first-order valence-electron chi connectivity index (χ1n) is 13.5. The van der Waals surface area contributed by atoms with Gasteiger partial charge in [-0.1, -0.05) is 53.9 Å². The third kappa shape index (κ3) is 3.85. The highest BCUT2D eigenvalue weighted by Crippen LogP contribution is 2.68. The zero-order valence-corrected chi connectivity index (χ0v) is 20.6. The fourth-order valence-corrected chi connectivity index (χ4v) is 9.63. The largest absolute Gasteiger partial charge is 0.317 e. The molecule has 0 aromatic heterocycles. The topological polar surface area (TPSA) is 12.0 Å². The molecular weight excluding hydrogens is 350 g/mol. The maximum atomic E-state index is 3.66. The molecule has 9 atom stereocenters. The molecule has 2 unspecified atom stereocenters. The lowest BCUT2D eigenvalue weighted by molar-refractivity contribution is -0.118. The first-order valence-corrected chi connectivity index (χ1v) is 13.5. The van der Waals surface area contributed by atoms with Gasteiger partial charge < -0.3 is 5.32 Å². The summed E-state index contributed by atoms with van der Waals surface area (Å²) in [5.41, 5.74) is 1.27. The quantitative estimate of drug-likeness (QED) is 0.481. The van der Waals surface area contributed by atoms with Crippen molar-refractivity contribution in [2.75, 3.05) is 7.05 Å². The second kappa shape index (κ2) is 8.48. The Morgan fingerprint density at radius 1 is 0.828 bits per heavy atom. The minimum Gasteiger partial charge on any atom is -0.317 e. The monoisotopic (exact) mass is 401 g/mol. The summed E-state index contributed by atoms with van der Waals surface area (Å²) < 4.78 is 0. The Labute approximate surface area is 182 Å². The molecule has 0 saturated heterocycles. The van der Waals surface area contributed by atoms with E-state index in [1.165, 1.54) is 64.2 Å². The summed E-state index contributed by atoms with van der Waals surface area (Å²) in [7, 11) is 2.20. The summed E-state index contributed by atoms with van der Waals surface area (Å²) in [6.07, 6.45) is 18.0. The summed E-state index contributed by atoms with van der Waals surface area (Å²) in [4.78, 5) is 0. The second-order valence-corrected chi connectivity index (χ2v) is 13.0. The molecule has 1 nitrogen and oxygen atoms in total. The van der Waals surface area contributed by atoms with E-state index < -0.39 is 0 Å². The van der Waals surface area contributed by atoms with Crippen LogP contribution in [-0.2, 0) is 0 Å². The molecule has 1 N–H and O–H groups in total. The van der Waals surface area contributed by atoms with Crippen LogP contribution in [0.3, 0.4) is 0 Å². The van der Waals surface area contributed by atoms with Gasteiger partial charge in [0.25, 0.3) is 0 Å². The van der Waals surface area contributed by atoms with E-state index in [-0.39, 0.29) is 0 Å². The number of rotatable bonds is 6. The molecule has 0 amide bonds. The van der Waals surface area contributed by atoms with Gasteiger partial charge in [-0.15, -0.1) is 0 Å². The van der Waals surface area contributed by atoms with Crippen molar-refractivity contribution >= 4 is 0 Å². The predicted molar refractivity (Wildman–Crippen MR) is 126 cm³/mol. The molecular formula is C28H51N. The summed E-state index contributed by atoms with van der Waals surface area (Å²) in [6, 6.07) is 0.778. The van der Waals surface area contributed by atoms with Crippen molar-refractivity contribution < 1.29 is 0 Å². The molecule has 4 aliphatic carbocycles. The van der Waals surface area contributed by atoms with E-state index in [9.17, 15) is 0 Å². The van der Waals surface area contributed by atoms with Crippen LogP contribution in [0.2, 0.25) is 0 Å². The molecule has 4 rings (SSSR count). The fraction of sp³-hybridized carbons (Fsp3) is 1.00. The Morgan fingerprint density at radius 3 is 2.28 bits per heavy atom. The van der Waals surface area contributed by atoms with Gasteiger partial charge in [0.2, 0.25) is 0 Å². The molecule has 0 spiro atoms. The summed E-state index contributed by atoms with van der Waals surface area (Å²) in [5, 5.41) is 3.66. The van der Waals surface area contributed by atoms with Crippen molar-refractivity contribution in [3.63, 3.8) is 0 Å². The molecule has 0 aromatic rings. The van der Waals surface area contributed by atoms with Gasteiger partial charge in [-0.25, -0.2) is 0 Å². The molecule has 0 heterocycles. The lowest BCUT2D eigenvalue weighted by atomic mass is 9.44. The molecule has 1 heteroatoms. The van der Waals surface area contributed by atoms with Crippen molar-refractivity contribution in [1.29, 1.82) is 0 Å². The van der Waals surface area contributed by atoms with Gasteiger partial charge >= 0.3 is 0 Å². The molecule has 0 aliphatic heterocycles. The lowest BCUT2D eigenvalue weighted by Gasteiger charge is -2.61. The highest BCUT2D eigenvalue weighted by molar-refractivity contribution is 5.10. The minimum atomic E-state index is 0.622. The Morgan fingerprint density at radius 2 is 1.55 bits per heavy atom. The molecule has 0 bridgehead atoms. The van der Waals surface area contributed by atoms with Crippen molar-refractivity contribution in [2.45, 2.75) is 118 Å². The third-order valence-corrected chi connectivity index (χ3v) is 11.2. The normalized spacial score (nSPS) is 48.1. The zero-order chi connectivity index (χ0) is 20.8. The average Bonchev–Trinajstić information content (AvgIpc) is 3.04. The Hall–Kier alpha value is -0.0400. The minimum absolute atomic E-state index is 0.622. The van der Waals surface area contributed by atoms with Crippen LogP contribution in [0.1, 0.15) is 112 Å². The Bertz CT molecular complexity index is 555. The first-order chi connectivity index (χ1) is 13.8. The molecule has 4 fully saturated rings. The molecule has 4 saturated carbocycles. The fourth-order valence-electron chi connectivity index (χ4n) is 9.63. The summed E-state index contributed by atoms with van der Waals surface area (Å²) in [5.74, 6) is 6.93. The highest BCUT2D eigenvalue weighted by Gasteiger charge is 2.60. The van der Waals surface area contributed by atoms with Crippen molar-refractivity contribution in [2.24, 2.45) is 52.3 Å². The lowest BCUT2D eigenvalue weighted by Crippen LogP contribution is -2.55. The Kier molecular flexibility index (Phi) is 6.48. The average molecular weight is 402 g/mol. The Balaban J connectivity index is 1.47. The van der Waals surface area contributed by atoms with Gasteiger partial charge in [0.15, 0.2) is 0 Å². The maximum Gasteiger partial charge on any atom is 0.00695 e. The van der Waals surface area contributed by atoms with E-state index in [4.69, 9.17) is 0 Å². The van der Waals surface area contributed by atoms with E-state index >= 15 is 0 Å². The molecule has 4 aliphatic rings.